The third-order valence-electron chi connectivity index (χ3n) is 6.18. The van der Waals surface area contributed by atoms with Gasteiger partial charge in [0.25, 0.3) is 0 Å². The molecule has 0 spiro atoms. The lowest BCUT2D eigenvalue weighted by atomic mass is 9.95. The Morgan fingerprint density at radius 3 is 2.45 bits per heavy atom. The maximum atomic E-state index is 13.3. The third kappa shape index (κ3) is 7.78. The SMILES string of the molecule is CC[C@@H](C(=O)NC1CCCCC1)N(Cc1ccccc1Cl)C(=O)CCCOc1ccccc1. The van der Waals surface area contributed by atoms with Crippen molar-refractivity contribution >= 4 is 23.4 Å². The van der Waals surface area contributed by atoms with Crippen molar-refractivity contribution in [2.45, 2.75) is 76.9 Å². The molecule has 0 aliphatic heterocycles. The van der Waals surface area contributed by atoms with Crippen LogP contribution in [0.15, 0.2) is 54.6 Å². The van der Waals surface area contributed by atoms with Gasteiger partial charge in [-0.15, -0.1) is 0 Å². The minimum atomic E-state index is -0.522. The molecule has 1 atom stereocenters. The Labute approximate surface area is 202 Å². The number of nitrogens with zero attached hydrogens (tertiary/aromatic N) is 1. The fraction of sp³-hybridized carbons (Fsp3) is 0.481. The Kier molecular flexibility index (Phi) is 10.1. The molecule has 1 aliphatic carbocycles. The van der Waals surface area contributed by atoms with Gasteiger partial charge in [-0.1, -0.05) is 74.2 Å². The predicted octanol–water partition coefficient (Wildman–Crippen LogP) is 5.76. The van der Waals surface area contributed by atoms with Crippen molar-refractivity contribution in [1.82, 2.24) is 10.2 Å². The second-order valence-electron chi connectivity index (χ2n) is 8.65. The molecule has 2 aromatic rings. The number of ether oxygens (including phenoxy) is 1. The number of carbonyl (C=O) groups excluding carboxylic acids is 2. The maximum absolute atomic E-state index is 13.3. The molecule has 0 aromatic heterocycles. The number of hydrogen-bond acceptors (Lipinski definition) is 3. The number of nitrogens with one attached hydrogen (secondary N) is 1. The molecule has 0 bridgehead atoms. The van der Waals surface area contributed by atoms with E-state index in [1.807, 2.05) is 61.5 Å². The monoisotopic (exact) mass is 470 g/mol. The summed E-state index contributed by atoms with van der Waals surface area (Å²) in [6.07, 6.45) is 6.98. The zero-order chi connectivity index (χ0) is 23.5. The number of halogens is 1. The molecule has 2 amide bonds. The van der Waals surface area contributed by atoms with E-state index in [4.69, 9.17) is 16.3 Å². The summed E-state index contributed by atoms with van der Waals surface area (Å²) in [6, 6.07) is 16.7. The summed E-state index contributed by atoms with van der Waals surface area (Å²) in [7, 11) is 0. The Hall–Kier alpha value is -2.53. The van der Waals surface area contributed by atoms with Crippen molar-refractivity contribution in [2.24, 2.45) is 0 Å². The molecule has 0 heterocycles. The van der Waals surface area contributed by atoms with Crippen LogP contribution in [-0.4, -0.2) is 35.4 Å². The van der Waals surface area contributed by atoms with Gasteiger partial charge in [-0.2, -0.15) is 0 Å². The highest BCUT2D eigenvalue weighted by Gasteiger charge is 2.30. The van der Waals surface area contributed by atoms with Crippen LogP contribution in [0.3, 0.4) is 0 Å². The van der Waals surface area contributed by atoms with Crippen LogP contribution in [0.1, 0.15) is 63.9 Å². The Morgan fingerprint density at radius 1 is 1.06 bits per heavy atom. The minimum Gasteiger partial charge on any atom is -0.494 e. The van der Waals surface area contributed by atoms with Crippen molar-refractivity contribution in [2.75, 3.05) is 6.61 Å². The number of rotatable bonds is 11. The summed E-state index contributed by atoms with van der Waals surface area (Å²) < 4.78 is 5.74. The first-order chi connectivity index (χ1) is 16.1. The van der Waals surface area contributed by atoms with Gasteiger partial charge < -0.3 is 15.0 Å². The molecular weight excluding hydrogens is 436 g/mol. The van der Waals surface area contributed by atoms with Gasteiger partial charge in [-0.3, -0.25) is 9.59 Å². The molecule has 0 saturated heterocycles. The van der Waals surface area contributed by atoms with Crippen LogP contribution < -0.4 is 10.1 Å². The number of amides is 2. The van der Waals surface area contributed by atoms with Crippen LogP contribution in [0.4, 0.5) is 0 Å². The van der Waals surface area contributed by atoms with E-state index >= 15 is 0 Å². The molecule has 1 fully saturated rings. The first kappa shape index (κ1) is 25.1. The van der Waals surface area contributed by atoms with Crippen molar-refractivity contribution < 1.29 is 14.3 Å². The topological polar surface area (TPSA) is 58.6 Å². The van der Waals surface area contributed by atoms with Gasteiger partial charge in [0, 0.05) is 24.0 Å². The number of hydrogen-bond donors (Lipinski definition) is 1. The molecule has 0 radical (unpaired) electrons. The molecule has 5 nitrogen and oxygen atoms in total. The molecule has 1 N–H and O–H groups in total. The van der Waals surface area contributed by atoms with Gasteiger partial charge in [0.15, 0.2) is 0 Å². The highest BCUT2D eigenvalue weighted by atomic mass is 35.5. The fourth-order valence-corrected chi connectivity index (χ4v) is 4.54. The lowest BCUT2D eigenvalue weighted by molar-refractivity contribution is -0.142. The van der Waals surface area contributed by atoms with Gasteiger partial charge in [-0.25, -0.2) is 0 Å². The Balaban J connectivity index is 1.66. The summed E-state index contributed by atoms with van der Waals surface area (Å²) in [5, 5.41) is 3.81. The molecule has 3 rings (SSSR count). The van der Waals surface area contributed by atoms with E-state index in [0.29, 0.717) is 37.4 Å². The highest BCUT2D eigenvalue weighted by molar-refractivity contribution is 6.31. The number of para-hydroxylation sites is 1. The zero-order valence-corrected chi connectivity index (χ0v) is 20.2. The predicted molar refractivity (Wildman–Crippen MR) is 132 cm³/mol. The van der Waals surface area contributed by atoms with E-state index in [1.54, 1.807) is 4.90 Å². The zero-order valence-electron chi connectivity index (χ0n) is 19.5. The smallest absolute Gasteiger partial charge is 0.243 e. The molecule has 178 valence electrons. The van der Waals surface area contributed by atoms with E-state index in [1.165, 1.54) is 6.42 Å². The van der Waals surface area contributed by atoms with Crippen molar-refractivity contribution in [3.05, 3.63) is 65.2 Å². The van der Waals surface area contributed by atoms with Gasteiger partial charge in [0.1, 0.15) is 11.8 Å². The van der Waals surface area contributed by atoms with Crippen LogP contribution >= 0.6 is 11.6 Å². The molecule has 2 aromatic carbocycles. The standard InChI is InChI=1S/C27H35ClN2O3/c1-2-25(27(32)29-22-13-5-3-6-14-22)30(20-21-12-9-10-17-24(21)28)26(31)18-11-19-33-23-15-7-4-8-16-23/h4,7-10,12,15-17,22,25H,2-3,5-6,11,13-14,18-20H2,1H3,(H,29,32)/t25-/m0/s1. The molecule has 33 heavy (non-hydrogen) atoms. The summed E-state index contributed by atoms with van der Waals surface area (Å²) in [5.41, 5.74) is 0.844. The van der Waals surface area contributed by atoms with E-state index < -0.39 is 6.04 Å². The lowest BCUT2D eigenvalue weighted by Crippen LogP contribution is -2.51. The van der Waals surface area contributed by atoms with Gasteiger partial charge in [0.05, 0.1) is 6.61 Å². The van der Waals surface area contributed by atoms with Crippen molar-refractivity contribution in [3.63, 3.8) is 0 Å². The van der Waals surface area contributed by atoms with Gasteiger partial charge in [-0.05, 0) is 49.4 Å². The van der Waals surface area contributed by atoms with Gasteiger partial charge in [0.2, 0.25) is 11.8 Å². The van der Waals surface area contributed by atoms with Gasteiger partial charge >= 0.3 is 0 Å². The van der Waals surface area contributed by atoms with E-state index in [2.05, 4.69) is 5.32 Å². The van der Waals surface area contributed by atoms with E-state index in [-0.39, 0.29) is 17.9 Å². The average molecular weight is 471 g/mol. The molecule has 1 saturated carbocycles. The number of carbonyl (C=O) groups is 2. The highest BCUT2D eigenvalue weighted by Crippen LogP contribution is 2.22. The summed E-state index contributed by atoms with van der Waals surface area (Å²) in [6.45, 7) is 2.71. The second kappa shape index (κ2) is 13.2. The third-order valence-corrected chi connectivity index (χ3v) is 6.55. The summed E-state index contributed by atoms with van der Waals surface area (Å²) in [4.78, 5) is 28.2. The van der Waals surface area contributed by atoms with Crippen molar-refractivity contribution in [3.8, 4) is 5.75 Å². The quantitative estimate of drug-likeness (QED) is 0.425. The fourth-order valence-electron chi connectivity index (χ4n) is 4.35. The van der Waals surface area contributed by atoms with E-state index in [9.17, 15) is 9.59 Å². The first-order valence-corrected chi connectivity index (χ1v) is 12.5. The molecular formula is C27H35ClN2O3. The minimum absolute atomic E-state index is 0.0581. The van der Waals surface area contributed by atoms with Crippen LogP contribution in [-0.2, 0) is 16.1 Å². The maximum Gasteiger partial charge on any atom is 0.243 e. The second-order valence-corrected chi connectivity index (χ2v) is 9.05. The normalized spacial score (nSPS) is 15.0. The van der Waals surface area contributed by atoms with Crippen LogP contribution in [0.2, 0.25) is 5.02 Å². The van der Waals surface area contributed by atoms with Crippen LogP contribution in [0, 0.1) is 0 Å². The van der Waals surface area contributed by atoms with E-state index in [0.717, 1.165) is 37.0 Å². The summed E-state index contributed by atoms with van der Waals surface area (Å²) >= 11 is 6.39. The summed E-state index contributed by atoms with van der Waals surface area (Å²) in [5.74, 6) is 0.665. The lowest BCUT2D eigenvalue weighted by Gasteiger charge is -2.33. The largest absolute Gasteiger partial charge is 0.494 e. The van der Waals surface area contributed by atoms with Crippen LogP contribution in [0.5, 0.6) is 5.75 Å². The van der Waals surface area contributed by atoms with Crippen LogP contribution in [0.25, 0.3) is 0 Å². The molecule has 1 aliphatic rings. The molecule has 0 unspecified atom stereocenters. The Morgan fingerprint density at radius 2 is 1.76 bits per heavy atom. The number of benzene rings is 2. The van der Waals surface area contributed by atoms with Crippen molar-refractivity contribution in [1.29, 1.82) is 0 Å². The first-order valence-electron chi connectivity index (χ1n) is 12.1. The average Bonchev–Trinajstić information content (AvgIpc) is 2.84. The molecule has 6 heteroatoms. The Bertz CT molecular complexity index is 884.